The molecule has 110 valence electrons. The highest BCUT2D eigenvalue weighted by atomic mass is 16.2. The van der Waals surface area contributed by atoms with Crippen LogP contribution in [-0.2, 0) is 0 Å². The molecule has 7 heteroatoms. The largest absolute Gasteiger partial charge is 0.335 e. The number of pyridine rings is 1. The van der Waals surface area contributed by atoms with E-state index in [1.165, 1.54) is 10.9 Å². The third-order valence-electron chi connectivity index (χ3n) is 3.13. The number of nitrogens with zero attached hydrogens (tertiary/aromatic N) is 6. The molecule has 3 aromatic rings. The highest BCUT2D eigenvalue weighted by Crippen LogP contribution is 2.18. The van der Waals surface area contributed by atoms with Crippen LogP contribution in [0.4, 0.5) is 10.6 Å². The standard InChI is InChI=1S/C15H14N6O/c1-2-21(15(22)20-10-9-17-11-20)13-5-8-18-14(19-13)12-3-6-16-7-4-12/h3-11H,2H2,1H3. The number of amides is 1. The average Bonchev–Trinajstić information content (AvgIpc) is 3.11. The summed E-state index contributed by atoms with van der Waals surface area (Å²) in [6.45, 7) is 2.38. The normalized spacial score (nSPS) is 10.4. The molecule has 0 N–H and O–H groups in total. The molecule has 22 heavy (non-hydrogen) atoms. The van der Waals surface area contributed by atoms with E-state index < -0.39 is 0 Å². The summed E-state index contributed by atoms with van der Waals surface area (Å²) < 4.78 is 1.41. The molecule has 0 saturated carbocycles. The lowest BCUT2D eigenvalue weighted by atomic mass is 10.2. The minimum absolute atomic E-state index is 0.209. The lowest BCUT2D eigenvalue weighted by molar-refractivity contribution is 0.248. The van der Waals surface area contributed by atoms with E-state index >= 15 is 0 Å². The molecule has 3 aromatic heterocycles. The number of rotatable bonds is 3. The quantitative estimate of drug-likeness (QED) is 0.740. The molecule has 3 heterocycles. The molecule has 0 aliphatic rings. The van der Waals surface area contributed by atoms with Crippen molar-refractivity contribution >= 4 is 11.8 Å². The van der Waals surface area contributed by atoms with Crippen molar-refractivity contribution < 1.29 is 4.79 Å². The Labute approximate surface area is 127 Å². The van der Waals surface area contributed by atoms with Crippen LogP contribution in [0.3, 0.4) is 0 Å². The van der Waals surface area contributed by atoms with E-state index in [0.717, 1.165) is 5.56 Å². The van der Waals surface area contributed by atoms with Crippen LogP contribution in [0.2, 0.25) is 0 Å². The van der Waals surface area contributed by atoms with Gasteiger partial charge in [0.15, 0.2) is 5.82 Å². The van der Waals surface area contributed by atoms with Crippen LogP contribution in [0.25, 0.3) is 11.4 Å². The van der Waals surface area contributed by atoms with Gasteiger partial charge in [0.1, 0.15) is 12.1 Å². The molecule has 0 atom stereocenters. The van der Waals surface area contributed by atoms with Gasteiger partial charge >= 0.3 is 6.03 Å². The molecule has 0 spiro atoms. The SMILES string of the molecule is CCN(C(=O)n1ccnc1)c1ccnc(-c2ccncc2)n1. The van der Waals surface area contributed by atoms with Gasteiger partial charge in [-0.1, -0.05) is 0 Å². The monoisotopic (exact) mass is 294 g/mol. The van der Waals surface area contributed by atoms with Gasteiger partial charge in [-0.15, -0.1) is 0 Å². The van der Waals surface area contributed by atoms with Gasteiger partial charge in [0, 0.05) is 43.1 Å². The number of imidazole rings is 1. The Morgan fingerprint density at radius 2 is 1.95 bits per heavy atom. The third kappa shape index (κ3) is 2.69. The Hall–Kier alpha value is -3.09. The summed E-state index contributed by atoms with van der Waals surface area (Å²) in [5, 5.41) is 0. The third-order valence-corrected chi connectivity index (χ3v) is 3.13. The van der Waals surface area contributed by atoms with E-state index in [-0.39, 0.29) is 6.03 Å². The summed E-state index contributed by atoms with van der Waals surface area (Å²) in [6.07, 6.45) is 9.64. The van der Waals surface area contributed by atoms with Crippen molar-refractivity contribution in [2.24, 2.45) is 0 Å². The maximum atomic E-state index is 12.5. The van der Waals surface area contributed by atoms with E-state index in [1.54, 1.807) is 42.0 Å². The van der Waals surface area contributed by atoms with Gasteiger partial charge in [-0.25, -0.2) is 19.7 Å². The fraction of sp³-hybridized carbons (Fsp3) is 0.133. The number of hydrogen-bond donors (Lipinski definition) is 0. The summed E-state index contributed by atoms with van der Waals surface area (Å²) in [6, 6.07) is 5.16. The van der Waals surface area contributed by atoms with Crippen molar-refractivity contribution in [3.63, 3.8) is 0 Å². The summed E-state index contributed by atoms with van der Waals surface area (Å²) in [5.41, 5.74) is 0.850. The summed E-state index contributed by atoms with van der Waals surface area (Å²) in [4.78, 5) is 30.6. The van der Waals surface area contributed by atoms with Crippen molar-refractivity contribution in [2.45, 2.75) is 6.92 Å². The van der Waals surface area contributed by atoms with E-state index in [2.05, 4.69) is 19.9 Å². The lowest BCUT2D eigenvalue weighted by Gasteiger charge is -2.20. The second-order valence-electron chi connectivity index (χ2n) is 4.47. The first-order chi connectivity index (χ1) is 10.8. The van der Waals surface area contributed by atoms with Crippen LogP contribution in [-0.4, -0.2) is 37.1 Å². The summed E-state index contributed by atoms with van der Waals surface area (Å²) in [5.74, 6) is 1.10. The Morgan fingerprint density at radius 3 is 2.64 bits per heavy atom. The van der Waals surface area contributed by atoms with E-state index in [0.29, 0.717) is 18.2 Å². The van der Waals surface area contributed by atoms with Crippen LogP contribution in [0, 0.1) is 0 Å². The van der Waals surface area contributed by atoms with Crippen LogP contribution in [0.1, 0.15) is 6.92 Å². The number of carbonyl (C=O) groups is 1. The second kappa shape index (κ2) is 6.13. The molecular formula is C15H14N6O. The van der Waals surface area contributed by atoms with Crippen molar-refractivity contribution in [1.29, 1.82) is 0 Å². The van der Waals surface area contributed by atoms with Gasteiger partial charge < -0.3 is 0 Å². The molecule has 0 radical (unpaired) electrons. The molecule has 1 amide bonds. The Balaban J connectivity index is 1.95. The number of aromatic nitrogens is 5. The van der Waals surface area contributed by atoms with Crippen LogP contribution < -0.4 is 4.90 Å². The van der Waals surface area contributed by atoms with E-state index in [9.17, 15) is 4.79 Å². The molecule has 0 aliphatic heterocycles. The van der Waals surface area contributed by atoms with E-state index in [4.69, 9.17) is 0 Å². The molecule has 7 nitrogen and oxygen atoms in total. The molecule has 0 aromatic carbocycles. The van der Waals surface area contributed by atoms with Gasteiger partial charge in [-0.05, 0) is 25.1 Å². The van der Waals surface area contributed by atoms with Crippen molar-refractivity contribution in [2.75, 3.05) is 11.4 Å². The molecule has 0 saturated heterocycles. The molecule has 0 bridgehead atoms. The van der Waals surface area contributed by atoms with Crippen LogP contribution in [0.5, 0.6) is 0 Å². The van der Waals surface area contributed by atoms with Crippen molar-refractivity contribution in [3.8, 4) is 11.4 Å². The summed E-state index contributed by atoms with van der Waals surface area (Å²) in [7, 11) is 0. The lowest BCUT2D eigenvalue weighted by Crippen LogP contribution is -2.34. The predicted octanol–water partition coefficient (Wildman–Crippen LogP) is 2.23. The second-order valence-corrected chi connectivity index (χ2v) is 4.47. The van der Waals surface area contributed by atoms with Gasteiger partial charge in [0.25, 0.3) is 0 Å². The molecule has 0 fully saturated rings. The Morgan fingerprint density at radius 1 is 1.14 bits per heavy atom. The van der Waals surface area contributed by atoms with Crippen LogP contribution in [0.15, 0.2) is 55.5 Å². The first kappa shape index (κ1) is 13.9. The van der Waals surface area contributed by atoms with Gasteiger partial charge in [0.05, 0.1) is 0 Å². The van der Waals surface area contributed by atoms with Crippen molar-refractivity contribution in [3.05, 3.63) is 55.5 Å². The molecule has 0 aliphatic carbocycles. The first-order valence-corrected chi connectivity index (χ1v) is 6.83. The van der Waals surface area contributed by atoms with Gasteiger partial charge in [0.2, 0.25) is 0 Å². The zero-order chi connectivity index (χ0) is 15.4. The molecular weight excluding hydrogens is 280 g/mol. The fourth-order valence-electron chi connectivity index (χ4n) is 2.05. The predicted molar refractivity (Wildman–Crippen MR) is 81.3 cm³/mol. The zero-order valence-corrected chi connectivity index (χ0v) is 12.0. The minimum atomic E-state index is -0.209. The average molecular weight is 294 g/mol. The minimum Gasteiger partial charge on any atom is -0.278 e. The summed E-state index contributed by atoms with van der Waals surface area (Å²) >= 11 is 0. The topological polar surface area (TPSA) is 76.8 Å². The Bertz CT molecular complexity index is 757. The van der Waals surface area contributed by atoms with Crippen LogP contribution >= 0.6 is 0 Å². The maximum Gasteiger partial charge on any atom is 0.335 e. The Kier molecular flexibility index (Phi) is 3.86. The number of hydrogen-bond acceptors (Lipinski definition) is 5. The zero-order valence-electron chi connectivity index (χ0n) is 12.0. The molecule has 3 rings (SSSR count). The molecule has 0 unspecified atom stereocenters. The van der Waals surface area contributed by atoms with Crippen molar-refractivity contribution in [1.82, 2.24) is 24.5 Å². The van der Waals surface area contributed by atoms with Gasteiger partial charge in [-0.3, -0.25) is 14.5 Å². The highest BCUT2D eigenvalue weighted by molar-refractivity contribution is 5.92. The maximum absolute atomic E-state index is 12.5. The van der Waals surface area contributed by atoms with Gasteiger partial charge in [-0.2, -0.15) is 0 Å². The first-order valence-electron chi connectivity index (χ1n) is 6.83. The number of carbonyl (C=O) groups excluding carboxylic acids is 1. The fourth-order valence-corrected chi connectivity index (χ4v) is 2.05. The van der Waals surface area contributed by atoms with E-state index in [1.807, 2.05) is 19.1 Å². The smallest absolute Gasteiger partial charge is 0.278 e. The number of anilines is 1. The highest BCUT2D eigenvalue weighted by Gasteiger charge is 2.17.